The number of aryl methyl sites for hydroxylation is 1. The Morgan fingerprint density at radius 1 is 0.868 bits per heavy atom. The third-order valence-electron chi connectivity index (χ3n) is 6.93. The van der Waals surface area contributed by atoms with Crippen LogP contribution in [0.25, 0.3) is 0 Å². The number of piperidine rings is 2. The first-order chi connectivity index (χ1) is 18.7. The molecule has 0 radical (unpaired) electrons. The van der Waals surface area contributed by atoms with Crippen LogP contribution in [0, 0.1) is 6.92 Å². The lowest BCUT2D eigenvalue weighted by molar-refractivity contribution is 0.344. The molecule has 0 atom stereocenters. The second kappa shape index (κ2) is 13.5. The predicted molar refractivity (Wildman–Crippen MR) is 159 cm³/mol. The van der Waals surface area contributed by atoms with Gasteiger partial charge in [-0.2, -0.15) is 15.1 Å². The monoisotopic (exact) mass is 530 g/mol. The Morgan fingerprint density at radius 2 is 1.55 bits per heavy atom. The standard InChI is InChI=1S/C30H38N6OS/c1-24-8-14-27(15-9-24)38-21-20-37-26-12-10-25(11-13-26)23-31-34-28-22-29(35-16-4-2-5-17-35)33-30(32-28)36-18-6-3-7-19-36/h8-15,22-23H,2-7,16-21H2,1H3,(H,32,33,34)/b31-23-. The quantitative estimate of drug-likeness (QED) is 0.141. The topological polar surface area (TPSA) is 65.9 Å². The number of thioether (sulfide) groups is 1. The number of aromatic nitrogens is 2. The number of anilines is 3. The van der Waals surface area contributed by atoms with Gasteiger partial charge >= 0.3 is 0 Å². The average molecular weight is 531 g/mol. The largest absolute Gasteiger partial charge is 0.493 e. The number of nitrogens with one attached hydrogen (secondary N) is 1. The molecule has 2 saturated heterocycles. The number of ether oxygens (including phenoxy) is 1. The Hall–Kier alpha value is -3.26. The van der Waals surface area contributed by atoms with E-state index in [4.69, 9.17) is 14.7 Å². The minimum absolute atomic E-state index is 0.667. The number of hydrogen-bond donors (Lipinski definition) is 1. The molecule has 0 spiro atoms. The van der Waals surface area contributed by atoms with Gasteiger partial charge in [0.2, 0.25) is 5.95 Å². The first-order valence-electron chi connectivity index (χ1n) is 13.8. The highest BCUT2D eigenvalue weighted by atomic mass is 32.2. The van der Waals surface area contributed by atoms with Crippen LogP contribution in [0.5, 0.6) is 5.75 Å². The molecular formula is C30H38N6OS. The third-order valence-corrected chi connectivity index (χ3v) is 7.91. The average Bonchev–Trinajstić information content (AvgIpc) is 2.98. The summed E-state index contributed by atoms with van der Waals surface area (Å²) in [6.07, 6.45) is 9.23. The molecule has 2 fully saturated rings. The first-order valence-corrected chi connectivity index (χ1v) is 14.8. The van der Waals surface area contributed by atoms with Gasteiger partial charge in [0.05, 0.1) is 12.8 Å². The molecule has 0 bridgehead atoms. The summed E-state index contributed by atoms with van der Waals surface area (Å²) in [5, 5.41) is 4.48. The van der Waals surface area contributed by atoms with Crippen LogP contribution in [-0.4, -0.2) is 54.7 Å². The smallest absolute Gasteiger partial charge is 0.229 e. The van der Waals surface area contributed by atoms with Crippen LogP contribution in [0.1, 0.15) is 49.7 Å². The first kappa shape index (κ1) is 26.4. The van der Waals surface area contributed by atoms with Crippen LogP contribution >= 0.6 is 11.8 Å². The Morgan fingerprint density at radius 3 is 2.26 bits per heavy atom. The molecule has 2 aromatic carbocycles. The van der Waals surface area contributed by atoms with Gasteiger partial charge in [-0.25, -0.2) is 0 Å². The van der Waals surface area contributed by atoms with E-state index in [1.165, 1.54) is 49.0 Å². The summed E-state index contributed by atoms with van der Waals surface area (Å²) in [4.78, 5) is 15.7. The Balaban J connectivity index is 1.16. The molecule has 38 heavy (non-hydrogen) atoms. The lowest BCUT2D eigenvalue weighted by Crippen LogP contribution is -2.33. The van der Waals surface area contributed by atoms with Crippen molar-refractivity contribution in [3.63, 3.8) is 0 Å². The highest BCUT2D eigenvalue weighted by Crippen LogP contribution is 2.25. The number of nitrogens with zero attached hydrogens (tertiary/aromatic N) is 5. The second-order valence-electron chi connectivity index (χ2n) is 9.96. The maximum atomic E-state index is 5.91. The lowest BCUT2D eigenvalue weighted by atomic mass is 10.1. The zero-order valence-corrected chi connectivity index (χ0v) is 23.1. The van der Waals surface area contributed by atoms with Crippen molar-refractivity contribution in [3.8, 4) is 5.75 Å². The molecule has 7 nitrogen and oxygen atoms in total. The van der Waals surface area contributed by atoms with E-state index in [1.807, 2.05) is 48.3 Å². The van der Waals surface area contributed by atoms with Crippen LogP contribution in [0.2, 0.25) is 0 Å². The molecule has 3 aromatic rings. The molecule has 2 aliphatic rings. The molecule has 3 heterocycles. The van der Waals surface area contributed by atoms with Crippen LogP contribution < -0.4 is 20.0 Å². The van der Waals surface area contributed by atoms with Crippen LogP contribution in [-0.2, 0) is 0 Å². The number of hydrogen-bond acceptors (Lipinski definition) is 8. The minimum atomic E-state index is 0.667. The molecule has 2 aliphatic heterocycles. The van der Waals surface area contributed by atoms with E-state index in [-0.39, 0.29) is 0 Å². The van der Waals surface area contributed by atoms with Gasteiger partial charge in [0.1, 0.15) is 11.6 Å². The molecule has 1 aromatic heterocycles. The van der Waals surface area contributed by atoms with E-state index < -0.39 is 0 Å². The lowest BCUT2D eigenvalue weighted by Gasteiger charge is -2.31. The van der Waals surface area contributed by atoms with Gasteiger partial charge in [-0.15, -0.1) is 11.8 Å². The van der Waals surface area contributed by atoms with Crippen molar-refractivity contribution in [1.29, 1.82) is 0 Å². The molecular weight excluding hydrogens is 492 g/mol. The maximum Gasteiger partial charge on any atom is 0.229 e. The fourth-order valence-electron chi connectivity index (χ4n) is 4.78. The molecule has 0 aliphatic carbocycles. The van der Waals surface area contributed by atoms with E-state index in [2.05, 4.69) is 51.5 Å². The summed E-state index contributed by atoms with van der Waals surface area (Å²) >= 11 is 1.81. The Labute approximate surface area is 230 Å². The van der Waals surface area contributed by atoms with Crippen molar-refractivity contribution in [2.45, 2.75) is 50.3 Å². The highest BCUT2D eigenvalue weighted by molar-refractivity contribution is 7.99. The molecule has 0 unspecified atom stereocenters. The van der Waals surface area contributed by atoms with Crippen molar-refractivity contribution >= 4 is 35.6 Å². The van der Waals surface area contributed by atoms with Gasteiger partial charge in [0.15, 0.2) is 5.82 Å². The summed E-state index contributed by atoms with van der Waals surface area (Å²) in [6.45, 7) is 6.92. The van der Waals surface area contributed by atoms with E-state index in [9.17, 15) is 0 Å². The van der Waals surface area contributed by atoms with Gasteiger partial charge < -0.3 is 14.5 Å². The molecule has 8 heteroatoms. The van der Waals surface area contributed by atoms with Crippen molar-refractivity contribution in [3.05, 3.63) is 65.7 Å². The van der Waals surface area contributed by atoms with Crippen LogP contribution in [0.15, 0.2) is 64.6 Å². The second-order valence-corrected chi connectivity index (χ2v) is 11.1. The molecule has 200 valence electrons. The predicted octanol–water partition coefficient (Wildman–Crippen LogP) is 6.38. The Bertz CT molecular complexity index is 1140. The molecule has 1 N–H and O–H groups in total. The summed E-state index contributed by atoms with van der Waals surface area (Å²) in [5.41, 5.74) is 5.44. The fraction of sp³-hybridized carbons (Fsp3) is 0.433. The number of benzene rings is 2. The van der Waals surface area contributed by atoms with Crippen LogP contribution in [0.4, 0.5) is 17.6 Å². The van der Waals surface area contributed by atoms with Gasteiger partial charge in [0.25, 0.3) is 0 Å². The third kappa shape index (κ3) is 7.63. The van der Waals surface area contributed by atoms with Gasteiger partial charge in [0, 0.05) is 42.9 Å². The van der Waals surface area contributed by atoms with Gasteiger partial charge in [-0.3, -0.25) is 5.43 Å². The zero-order chi connectivity index (χ0) is 26.0. The van der Waals surface area contributed by atoms with Crippen LogP contribution in [0.3, 0.4) is 0 Å². The Kier molecular flexibility index (Phi) is 9.37. The zero-order valence-electron chi connectivity index (χ0n) is 22.3. The van der Waals surface area contributed by atoms with Crippen molar-refractivity contribution in [2.24, 2.45) is 5.10 Å². The molecule has 5 rings (SSSR count). The normalized spacial score (nSPS) is 16.1. The number of hydrazone groups is 1. The van der Waals surface area contributed by atoms with Crippen molar-refractivity contribution in [2.75, 3.05) is 53.8 Å². The highest BCUT2D eigenvalue weighted by Gasteiger charge is 2.19. The van der Waals surface area contributed by atoms with E-state index in [0.29, 0.717) is 6.61 Å². The fourth-order valence-corrected chi connectivity index (χ4v) is 5.51. The maximum absolute atomic E-state index is 5.91. The molecule has 0 saturated carbocycles. The van der Waals surface area contributed by atoms with Crippen molar-refractivity contribution < 1.29 is 4.74 Å². The summed E-state index contributed by atoms with van der Waals surface area (Å²) in [7, 11) is 0. The SMILES string of the molecule is Cc1ccc(SCCOc2ccc(/C=N\Nc3cc(N4CCCCC4)nc(N4CCCCC4)n3)cc2)cc1. The molecule has 0 amide bonds. The van der Waals surface area contributed by atoms with Gasteiger partial charge in [-0.1, -0.05) is 17.7 Å². The summed E-state index contributed by atoms with van der Waals surface area (Å²) in [5.74, 6) is 4.33. The van der Waals surface area contributed by atoms with E-state index in [1.54, 1.807) is 0 Å². The van der Waals surface area contributed by atoms with E-state index in [0.717, 1.165) is 60.8 Å². The summed E-state index contributed by atoms with van der Waals surface area (Å²) < 4.78 is 5.91. The minimum Gasteiger partial charge on any atom is -0.493 e. The van der Waals surface area contributed by atoms with Crippen molar-refractivity contribution in [1.82, 2.24) is 9.97 Å². The van der Waals surface area contributed by atoms with Gasteiger partial charge in [-0.05, 0) is 87.4 Å². The van der Waals surface area contributed by atoms with E-state index >= 15 is 0 Å². The number of rotatable bonds is 10. The summed E-state index contributed by atoms with van der Waals surface area (Å²) in [6, 6.07) is 18.7.